The van der Waals surface area contributed by atoms with Crippen LogP contribution in [0, 0.1) is 5.82 Å². The molecular weight excluding hydrogens is 453 g/mol. The third-order valence-corrected chi connectivity index (χ3v) is 6.47. The number of aromatic carboxylic acids is 1. The van der Waals surface area contributed by atoms with Gasteiger partial charge >= 0.3 is 5.97 Å². The van der Waals surface area contributed by atoms with Crippen molar-refractivity contribution in [2.45, 2.75) is 37.9 Å². The highest BCUT2D eigenvalue weighted by molar-refractivity contribution is 6.38. The van der Waals surface area contributed by atoms with Crippen LogP contribution in [-0.2, 0) is 11.3 Å². The summed E-state index contributed by atoms with van der Waals surface area (Å²) >= 11 is 6.67. The summed E-state index contributed by atoms with van der Waals surface area (Å²) in [7, 11) is 0. The quantitative estimate of drug-likeness (QED) is 0.569. The van der Waals surface area contributed by atoms with Crippen molar-refractivity contribution in [2.75, 3.05) is 18.0 Å². The molecule has 3 aromatic rings. The standard InChI is InChI=1S/C22H21ClFN5O4/c23-18-19-14(21(31)15(22(32)33)9-29(19)13-1-2-13)7-16(24)20(18)28-5-3-12(8-28)26-17(30)10-27-6-4-25-11-27/h4,6-7,9,11-13H,1-3,5,8,10H2,(H,26,30)(H,32,33). The number of pyridine rings is 1. The van der Waals surface area contributed by atoms with Crippen LogP contribution in [0.15, 0.2) is 35.8 Å². The Morgan fingerprint density at radius 2 is 2.09 bits per heavy atom. The van der Waals surface area contributed by atoms with Gasteiger partial charge in [-0.2, -0.15) is 0 Å². The summed E-state index contributed by atoms with van der Waals surface area (Å²) in [5, 5.41) is 12.4. The highest BCUT2D eigenvalue weighted by Gasteiger charge is 2.32. The zero-order valence-electron chi connectivity index (χ0n) is 17.5. The molecule has 2 N–H and O–H groups in total. The fraction of sp³-hybridized carbons (Fsp3) is 0.364. The van der Waals surface area contributed by atoms with E-state index in [9.17, 15) is 19.5 Å². The number of carboxylic acids is 1. The van der Waals surface area contributed by atoms with Crippen LogP contribution < -0.4 is 15.6 Å². The van der Waals surface area contributed by atoms with Crippen LogP contribution in [-0.4, -0.2) is 50.2 Å². The molecule has 1 aliphatic heterocycles. The lowest BCUT2D eigenvalue weighted by molar-refractivity contribution is -0.122. The van der Waals surface area contributed by atoms with E-state index in [4.69, 9.17) is 11.6 Å². The number of hydrogen-bond acceptors (Lipinski definition) is 5. The van der Waals surface area contributed by atoms with Crippen molar-refractivity contribution in [3.63, 3.8) is 0 Å². The molecule has 2 aliphatic rings. The molecule has 2 aromatic heterocycles. The summed E-state index contributed by atoms with van der Waals surface area (Å²) in [6.45, 7) is 0.971. The van der Waals surface area contributed by atoms with E-state index < -0.39 is 22.8 Å². The van der Waals surface area contributed by atoms with Crippen LogP contribution in [0.3, 0.4) is 0 Å². The minimum atomic E-state index is -1.36. The number of aromatic nitrogens is 3. The molecule has 0 radical (unpaired) electrons. The molecule has 1 aromatic carbocycles. The second-order valence-corrected chi connectivity index (χ2v) is 8.84. The molecule has 1 unspecified atom stereocenters. The molecule has 5 rings (SSSR count). The highest BCUT2D eigenvalue weighted by Crippen LogP contribution is 2.42. The Labute approximate surface area is 192 Å². The number of anilines is 1. The normalized spacial score (nSPS) is 18.1. The number of rotatable bonds is 6. The third kappa shape index (κ3) is 3.95. The Morgan fingerprint density at radius 3 is 2.76 bits per heavy atom. The Kier molecular flexibility index (Phi) is 5.32. The lowest BCUT2D eigenvalue weighted by Crippen LogP contribution is -2.39. The second-order valence-electron chi connectivity index (χ2n) is 8.47. The van der Waals surface area contributed by atoms with Gasteiger partial charge in [0.1, 0.15) is 17.9 Å². The summed E-state index contributed by atoms with van der Waals surface area (Å²) in [5.41, 5.74) is -0.655. The van der Waals surface area contributed by atoms with E-state index in [1.54, 1.807) is 32.8 Å². The van der Waals surface area contributed by atoms with E-state index in [1.807, 2.05) is 0 Å². The molecule has 9 nitrogen and oxygen atoms in total. The van der Waals surface area contributed by atoms with Gasteiger partial charge in [-0.1, -0.05) is 11.6 Å². The zero-order valence-corrected chi connectivity index (χ0v) is 18.3. The molecule has 1 saturated heterocycles. The third-order valence-electron chi connectivity index (χ3n) is 6.11. The molecule has 3 heterocycles. The first-order valence-electron chi connectivity index (χ1n) is 10.6. The lowest BCUT2D eigenvalue weighted by Gasteiger charge is -2.23. The first-order chi connectivity index (χ1) is 15.8. The van der Waals surface area contributed by atoms with E-state index in [1.165, 1.54) is 6.20 Å². The number of fused-ring (bicyclic) bond motifs is 1. The van der Waals surface area contributed by atoms with Crippen LogP contribution in [0.25, 0.3) is 10.9 Å². The van der Waals surface area contributed by atoms with Crippen LogP contribution in [0.5, 0.6) is 0 Å². The van der Waals surface area contributed by atoms with E-state index >= 15 is 4.39 Å². The maximum atomic E-state index is 15.2. The minimum Gasteiger partial charge on any atom is -0.477 e. The summed E-state index contributed by atoms with van der Waals surface area (Å²) in [5.74, 6) is -2.22. The van der Waals surface area contributed by atoms with Crippen molar-refractivity contribution in [2.24, 2.45) is 0 Å². The fourth-order valence-corrected chi connectivity index (χ4v) is 4.82. The number of nitrogens with one attached hydrogen (secondary N) is 1. The van der Waals surface area contributed by atoms with Gasteiger partial charge in [-0.25, -0.2) is 14.2 Å². The predicted octanol–water partition coefficient (Wildman–Crippen LogP) is 2.42. The number of carbonyl (C=O) groups is 2. The van der Waals surface area contributed by atoms with Crippen LogP contribution in [0.1, 0.15) is 35.7 Å². The summed E-state index contributed by atoms with van der Waals surface area (Å²) < 4.78 is 18.6. The van der Waals surface area contributed by atoms with Crippen molar-refractivity contribution in [3.05, 3.63) is 57.6 Å². The van der Waals surface area contributed by atoms with Crippen molar-refractivity contribution >= 4 is 40.1 Å². The highest BCUT2D eigenvalue weighted by atomic mass is 35.5. The maximum absolute atomic E-state index is 15.2. The van der Waals surface area contributed by atoms with E-state index in [0.29, 0.717) is 25.0 Å². The number of hydrogen-bond donors (Lipinski definition) is 2. The molecule has 1 aliphatic carbocycles. The van der Waals surface area contributed by atoms with Gasteiger partial charge < -0.3 is 24.5 Å². The Morgan fingerprint density at radius 1 is 1.30 bits per heavy atom. The topological polar surface area (TPSA) is 109 Å². The van der Waals surface area contributed by atoms with Crippen LogP contribution >= 0.6 is 11.6 Å². The average Bonchev–Trinajstić information content (AvgIpc) is 3.29. The second kappa shape index (κ2) is 8.18. The summed E-state index contributed by atoms with van der Waals surface area (Å²) in [4.78, 5) is 42.2. The SMILES string of the molecule is O=C(Cn1ccnc1)NC1CCN(c2c(F)cc3c(=O)c(C(=O)O)cn(C4CC4)c3c2Cl)C1. The molecule has 1 amide bonds. The van der Waals surface area contributed by atoms with Gasteiger partial charge in [-0.05, 0) is 25.3 Å². The van der Waals surface area contributed by atoms with Gasteiger partial charge in [0.05, 0.1) is 27.9 Å². The van der Waals surface area contributed by atoms with Gasteiger partial charge in [-0.15, -0.1) is 0 Å². The van der Waals surface area contributed by atoms with Gasteiger partial charge in [0, 0.05) is 43.8 Å². The molecule has 0 spiro atoms. The molecule has 1 atom stereocenters. The first-order valence-corrected chi connectivity index (χ1v) is 11.0. The van der Waals surface area contributed by atoms with Gasteiger partial charge in [0.25, 0.3) is 0 Å². The van der Waals surface area contributed by atoms with Crippen LogP contribution in [0.2, 0.25) is 5.02 Å². The van der Waals surface area contributed by atoms with Gasteiger partial charge in [0.2, 0.25) is 11.3 Å². The largest absolute Gasteiger partial charge is 0.477 e. The number of halogens is 2. The number of benzene rings is 1. The van der Waals surface area contributed by atoms with Crippen LogP contribution in [0.4, 0.5) is 10.1 Å². The number of carbonyl (C=O) groups excluding carboxylic acids is 1. The fourth-order valence-electron chi connectivity index (χ4n) is 4.42. The summed E-state index contributed by atoms with van der Waals surface area (Å²) in [6.07, 6.45) is 8.41. The smallest absolute Gasteiger partial charge is 0.341 e. The maximum Gasteiger partial charge on any atom is 0.341 e. The monoisotopic (exact) mass is 473 g/mol. The molecular formula is C22H21ClFN5O4. The van der Waals surface area contributed by atoms with Crippen molar-refractivity contribution < 1.29 is 19.1 Å². The zero-order chi connectivity index (χ0) is 23.3. The molecule has 2 fully saturated rings. The predicted molar refractivity (Wildman–Crippen MR) is 119 cm³/mol. The Balaban J connectivity index is 1.46. The Hall–Kier alpha value is -3.40. The molecule has 172 valence electrons. The van der Waals surface area contributed by atoms with Gasteiger partial charge in [-0.3, -0.25) is 9.59 Å². The molecule has 1 saturated carbocycles. The molecule has 11 heteroatoms. The van der Waals surface area contributed by atoms with Crippen molar-refractivity contribution in [1.29, 1.82) is 0 Å². The lowest BCUT2D eigenvalue weighted by atomic mass is 10.1. The minimum absolute atomic E-state index is 0.0239. The van der Waals surface area contributed by atoms with E-state index in [0.717, 1.165) is 18.9 Å². The van der Waals surface area contributed by atoms with Crippen molar-refractivity contribution in [3.8, 4) is 0 Å². The molecule has 0 bridgehead atoms. The molecule has 33 heavy (non-hydrogen) atoms. The Bertz CT molecular complexity index is 1320. The number of carboxylic acid groups (broad SMARTS) is 1. The number of amides is 1. The average molecular weight is 474 g/mol. The number of imidazole rings is 1. The first kappa shape index (κ1) is 21.4. The van der Waals surface area contributed by atoms with Gasteiger partial charge in [0.15, 0.2) is 0 Å². The van der Waals surface area contributed by atoms with Crippen molar-refractivity contribution in [1.82, 2.24) is 19.4 Å². The number of nitrogens with zero attached hydrogens (tertiary/aromatic N) is 4. The van der Waals surface area contributed by atoms with E-state index in [-0.39, 0.29) is 40.6 Å². The summed E-state index contributed by atoms with van der Waals surface area (Å²) in [6, 6.07) is 0.915. The van der Waals surface area contributed by atoms with E-state index in [2.05, 4.69) is 10.3 Å².